The lowest BCUT2D eigenvalue weighted by atomic mass is 10.2. The number of likely N-dealkylation sites (N-methyl/N-ethyl adjacent to an activating group) is 1. The van der Waals surface area contributed by atoms with Crippen molar-refractivity contribution in [1.82, 2.24) is 24.8 Å². The number of thiophene rings is 1. The lowest BCUT2D eigenvalue weighted by Gasteiger charge is -2.36. The molecule has 39 heavy (non-hydrogen) atoms. The van der Waals surface area contributed by atoms with Crippen molar-refractivity contribution < 1.29 is 14.3 Å². The molecule has 12 nitrogen and oxygen atoms in total. The van der Waals surface area contributed by atoms with Crippen LogP contribution in [0.4, 0.5) is 28.8 Å². The van der Waals surface area contributed by atoms with E-state index in [1.807, 2.05) is 48.2 Å². The number of aromatic amines is 1. The Labute approximate surface area is 229 Å². The first kappa shape index (κ1) is 26.3. The molecule has 0 radical (unpaired) electrons. The lowest BCUT2D eigenvalue weighted by Crippen LogP contribution is -2.50. The Morgan fingerprint density at radius 1 is 1.10 bits per heavy atom. The standard InChI is InChI=1S/C26H31N9O3S/c1-33(2)15-21(36)35-11-9-34(10-12-35)16-4-5-18(20(14-16)38-3)30-26-31-24-17(6-8-28-24)25(32-26)29-19-7-13-39-22(19)23(27)37/h4-8,13-14H,9-12,15H2,1-3H3,(H2,27,37)(H3,28,29,30,31,32). The number of ether oxygens (including phenoxy) is 1. The third kappa shape index (κ3) is 5.73. The number of hydrogen-bond acceptors (Lipinski definition) is 10. The zero-order valence-corrected chi connectivity index (χ0v) is 22.8. The van der Waals surface area contributed by atoms with Gasteiger partial charge in [0.15, 0.2) is 0 Å². The molecule has 0 aliphatic carbocycles. The molecule has 1 fully saturated rings. The summed E-state index contributed by atoms with van der Waals surface area (Å²) in [6.45, 7) is 3.26. The Bertz CT molecular complexity index is 1490. The van der Waals surface area contributed by atoms with Gasteiger partial charge in [0.05, 0.1) is 30.4 Å². The number of aromatic nitrogens is 3. The van der Waals surface area contributed by atoms with Crippen LogP contribution in [0, 0.1) is 0 Å². The minimum Gasteiger partial charge on any atom is -0.494 e. The summed E-state index contributed by atoms with van der Waals surface area (Å²) in [7, 11) is 5.42. The summed E-state index contributed by atoms with van der Waals surface area (Å²) in [4.78, 5) is 43.0. The van der Waals surface area contributed by atoms with Crippen molar-refractivity contribution in [1.29, 1.82) is 0 Å². The SMILES string of the molecule is COc1cc(N2CCN(C(=O)CN(C)C)CC2)ccc1Nc1nc(Nc2ccsc2C(N)=O)c2cc[nH]c2n1. The van der Waals surface area contributed by atoms with Crippen molar-refractivity contribution >= 4 is 63.0 Å². The predicted octanol–water partition coefficient (Wildman–Crippen LogP) is 2.82. The second kappa shape index (κ2) is 11.2. The van der Waals surface area contributed by atoms with Crippen LogP contribution in [0.1, 0.15) is 9.67 Å². The number of carbonyl (C=O) groups is 2. The molecule has 1 aliphatic rings. The first-order valence-corrected chi connectivity index (χ1v) is 13.3. The fourth-order valence-electron chi connectivity index (χ4n) is 4.50. The molecule has 0 spiro atoms. The number of anilines is 5. The average Bonchev–Trinajstić information content (AvgIpc) is 3.58. The quantitative estimate of drug-likeness (QED) is 0.248. The van der Waals surface area contributed by atoms with Crippen LogP contribution in [-0.2, 0) is 4.79 Å². The highest BCUT2D eigenvalue weighted by Gasteiger charge is 2.22. The van der Waals surface area contributed by atoms with Gasteiger partial charge < -0.3 is 40.8 Å². The minimum atomic E-state index is -0.503. The maximum absolute atomic E-state index is 12.4. The van der Waals surface area contributed by atoms with Gasteiger partial charge in [-0.1, -0.05) is 0 Å². The van der Waals surface area contributed by atoms with E-state index >= 15 is 0 Å². The molecule has 4 aromatic rings. The predicted molar refractivity (Wildman–Crippen MR) is 154 cm³/mol. The average molecular weight is 550 g/mol. The zero-order chi connectivity index (χ0) is 27.5. The molecule has 5 rings (SSSR count). The van der Waals surface area contributed by atoms with E-state index in [-0.39, 0.29) is 5.91 Å². The summed E-state index contributed by atoms with van der Waals surface area (Å²) in [6.07, 6.45) is 1.78. The van der Waals surface area contributed by atoms with Gasteiger partial charge in [-0.15, -0.1) is 11.3 Å². The number of rotatable bonds is 9. The number of methoxy groups -OCH3 is 1. The third-order valence-corrected chi connectivity index (χ3v) is 7.37. The lowest BCUT2D eigenvalue weighted by molar-refractivity contribution is -0.132. The molecular weight excluding hydrogens is 518 g/mol. The molecule has 1 aliphatic heterocycles. The normalized spacial score (nSPS) is 13.6. The van der Waals surface area contributed by atoms with Gasteiger partial charge in [0, 0.05) is 44.1 Å². The molecule has 2 amide bonds. The molecule has 1 saturated heterocycles. The molecule has 5 N–H and O–H groups in total. The summed E-state index contributed by atoms with van der Waals surface area (Å²) in [5.74, 6) is 1.16. The maximum atomic E-state index is 12.4. The highest BCUT2D eigenvalue weighted by molar-refractivity contribution is 7.12. The fourth-order valence-corrected chi connectivity index (χ4v) is 5.21. The van der Waals surface area contributed by atoms with Crippen molar-refractivity contribution in [3.8, 4) is 5.75 Å². The molecule has 0 atom stereocenters. The van der Waals surface area contributed by atoms with Gasteiger partial charge in [0.1, 0.15) is 22.1 Å². The highest BCUT2D eigenvalue weighted by Crippen LogP contribution is 2.34. The largest absolute Gasteiger partial charge is 0.494 e. The van der Waals surface area contributed by atoms with Crippen molar-refractivity contribution in [3.63, 3.8) is 0 Å². The number of nitrogens with zero attached hydrogens (tertiary/aromatic N) is 5. The van der Waals surface area contributed by atoms with Gasteiger partial charge in [0.25, 0.3) is 5.91 Å². The van der Waals surface area contributed by atoms with Gasteiger partial charge in [0.2, 0.25) is 11.9 Å². The second-order valence-electron chi connectivity index (χ2n) is 9.40. The molecule has 0 bridgehead atoms. The number of H-pyrrole nitrogens is 1. The minimum absolute atomic E-state index is 0.148. The smallest absolute Gasteiger partial charge is 0.260 e. The van der Waals surface area contributed by atoms with Crippen LogP contribution in [0.25, 0.3) is 11.0 Å². The first-order chi connectivity index (χ1) is 18.8. The highest BCUT2D eigenvalue weighted by atomic mass is 32.1. The van der Waals surface area contributed by atoms with E-state index in [9.17, 15) is 9.59 Å². The van der Waals surface area contributed by atoms with Gasteiger partial charge in [-0.2, -0.15) is 9.97 Å². The zero-order valence-electron chi connectivity index (χ0n) is 22.0. The molecule has 13 heteroatoms. The van der Waals surface area contributed by atoms with E-state index < -0.39 is 5.91 Å². The van der Waals surface area contributed by atoms with E-state index in [4.69, 9.17) is 10.5 Å². The molecule has 4 heterocycles. The summed E-state index contributed by atoms with van der Waals surface area (Å²) in [5, 5.41) is 9.05. The number of nitrogens with one attached hydrogen (secondary N) is 3. The molecular formula is C26H31N9O3S. The van der Waals surface area contributed by atoms with Crippen molar-refractivity contribution in [2.75, 3.05) is 69.5 Å². The maximum Gasteiger partial charge on any atom is 0.260 e. The van der Waals surface area contributed by atoms with Crippen molar-refractivity contribution in [2.24, 2.45) is 5.73 Å². The number of fused-ring (bicyclic) bond motifs is 1. The molecule has 1 aromatic carbocycles. The Morgan fingerprint density at radius 2 is 1.90 bits per heavy atom. The topological polar surface area (TPSA) is 145 Å². The second-order valence-corrected chi connectivity index (χ2v) is 10.3. The number of benzene rings is 1. The van der Waals surface area contributed by atoms with Crippen LogP contribution in [0.15, 0.2) is 41.9 Å². The number of amides is 2. The van der Waals surface area contributed by atoms with Gasteiger partial charge in [-0.3, -0.25) is 9.59 Å². The summed E-state index contributed by atoms with van der Waals surface area (Å²) < 4.78 is 5.69. The van der Waals surface area contributed by atoms with E-state index in [0.717, 1.165) is 24.2 Å². The van der Waals surface area contributed by atoms with E-state index in [1.54, 1.807) is 24.8 Å². The van der Waals surface area contributed by atoms with Gasteiger partial charge in [-0.25, -0.2) is 0 Å². The number of carbonyl (C=O) groups excluding carboxylic acids is 2. The van der Waals surface area contributed by atoms with E-state index in [1.165, 1.54) is 11.3 Å². The molecule has 3 aromatic heterocycles. The monoisotopic (exact) mass is 549 g/mol. The van der Waals surface area contributed by atoms with Crippen molar-refractivity contribution in [3.05, 3.63) is 46.8 Å². The summed E-state index contributed by atoms with van der Waals surface area (Å²) >= 11 is 1.27. The van der Waals surface area contributed by atoms with Crippen LogP contribution >= 0.6 is 11.3 Å². The van der Waals surface area contributed by atoms with Crippen molar-refractivity contribution in [2.45, 2.75) is 0 Å². The van der Waals surface area contributed by atoms with Crippen LogP contribution in [0.2, 0.25) is 0 Å². The first-order valence-electron chi connectivity index (χ1n) is 12.4. The Balaban J connectivity index is 1.34. The molecule has 0 saturated carbocycles. The van der Waals surface area contributed by atoms with E-state index in [0.29, 0.717) is 59.0 Å². The number of piperazine rings is 1. The van der Waals surface area contributed by atoms with Crippen LogP contribution < -0.4 is 26.0 Å². The van der Waals surface area contributed by atoms with Crippen LogP contribution in [-0.4, -0.2) is 90.5 Å². The molecule has 204 valence electrons. The number of primary amides is 1. The summed E-state index contributed by atoms with van der Waals surface area (Å²) in [5.41, 5.74) is 8.44. The third-order valence-electron chi connectivity index (χ3n) is 6.44. The molecule has 0 unspecified atom stereocenters. The van der Waals surface area contributed by atoms with Gasteiger partial charge in [-0.05, 0) is 43.7 Å². The van der Waals surface area contributed by atoms with Gasteiger partial charge >= 0.3 is 0 Å². The number of nitrogens with two attached hydrogens (primary N) is 1. The number of hydrogen-bond donors (Lipinski definition) is 4. The summed E-state index contributed by atoms with van der Waals surface area (Å²) in [6, 6.07) is 9.56. The van der Waals surface area contributed by atoms with E-state index in [2.05, 4.69) is 30.5 Å². The Hall–Kier alpha value is -4.36. The van der Waals surface area contributed by atoms with Crippen LogP contribution in [0.3, 0.4) is 0 Å². The Morgan fingerprint density at radius 3 is 2.62 bits per heavy atom. The van der Waals surface area contributed by atoms with Crippen LogP contribution in [0.5, 0.6) is 5.75 Å². The fraction of sp³-hybridized carbons (Fsp3) is 0.308. The Kier molecular flexibility index (Phi) is 7.52.